The number of phenolic OH excluding ortho intramolecular Hbond substituents is 1. The highest BCUT2D eigenvalue weighted by molar-refractivity contribution is 5.98. The van der Waals surface area contributed by atoms with Crippen molar-refractivity contribution in [2.45, 2.75) is 32.2 Å². The summed E-state index contributed by atoms with van der Waals surface area (Å²) in [6.45, 7) is 2.78. The second-order valence-electron chi connectivity index (χ2n) is 4.47. The predicted molar refractivity (Wildman–Crippen MR) is 66.9 cm³/mol. The van der Waals surface area contributed by atoms with Gasteiger partial charge in [0.2, 0.25) is 0 Å². The van der Waals surface area contributed by atoms with Crippen molar-refractivity contribution in [2.75, 3.05) is 12.3 Å². The molecule has 1 saturated carbocycles. The molecular formula is C13H18N2O2. The summed E-state index contributed by atoms with van der Waals surface area (Å²) in [6.07, 6.45) is 3.05. The van der Waals surface area contributed by atoms with Gasteiger partial charge in [-0.1, -0.05) is 13.0 Å². The van der Waals surface area contributed by atoms with E-state index < -0.39 is 0 Å². The van der Waals surface area contributed by atoms with Crippen LogP contribution < -0.4 is 5.73 Å². The van der Waals surface area contributed by atoms with Gasteiger partial charge in [0.15, 0.2) is 5.75 Å². The molecule has 1 aromatic rings. The van der Waals surface area contributed by atoms with Crippen molar-refractivity contribution in [3.05, 3.63) is 23.8 Å². The highest BCUT2D eigenvalue weighted by Gasteiger charge is 2.33. The number of rotatable bonds is 4. The Labute approximate surface area is 101 Å². The third-order valence-corrected chi connectivity index (χ3v) is 3.01. The molecule has 0 radical (unpaired) electrons. The summed E-state index contributed by atoms with van der Waals surface area (Å²) in [5.74, 6) is -0.210. The maximum Gasteiger partial charge on any atom is 0.257 e. The molecule has 0 unspecified atom stereocenters. The lowest BCUT2D eigenvalue weighted by atomic mass is 10.1. The second-order valence-corrected chi connectivity index (χ2v) is 4.47. The van der Waals surface area contributed by atoms with Crippen molar-refractivity contribution in [1.29, 1.82) is 0 Å². The van der Waals surface area contributed by atoms with E-state index in [1.807, 2.05) is 11.8 Å². The van der Waals surface area contributed by atoms with Gasteiger partial charge in [0.1, 0.15) is 0 Å². The molecule has 1 aliphatic carbocycles. The molecular weight excluding hydrogens is 216 g/mol. The molecule has 92 valence electrons. The molecule has 0 aliphatic heterocycles. The molecule has 0 spiro atoms. The van der Waals surface area contributed by atoms with E-state index in [9.17, 15) is 9.90 Å². The molecule has 4 heteroatoms. The molecule has 17 heavy (non-hydrogen) atoms. The fraction of sp³-hybridized carbons (Fsp3) is 0.462. The molecule has 2 rings (SSSR count). The zero-order chi connectivity index (χ0) is 12.4. The number of nitrogens with zero attached hydrogens (tertiary/aromatic N) is 1. The van der Waals surface area contributed by atoms with E-state index in [4.69, 9.17) is 5.73 Å². The minimum absolute atomic E-state index is 0.0979. The van der Waals surface area contributed by atoms with Crippen molar-refractivity contribution >= 4 is 11.6 Å². The molecule has 1 fully saturated rings. The van der Waals surface area contributed by atoms with Crippen LogP contribution in [0, 0.1) is 0 Å². The zero-order valence-corrected chi connectivity index (χ0v) is 10.0. The number of nitrogens with two attached hydrogens (primary N) is 1. The highest BCUT2D eigenvalue weighted by Crippen LogP contribution is 2.31. The Kier molecular flexibility index (Phi) is 3.22. The number of amides is 1. The summed E-state index contributed by atoms with van der Waals surface area (Å²) in [6, 6.07) is 5.26. The molecule has 0 heterocycles. The number of para-hydroxylation sites is 1. The number of aromatic hydroxyl groups is 1. The molecule has 0 aromatic heterocycles. The number of nitrogen functional groups attached to an aromatic ring is 1. The Hall–Kier alpha value is -1.71. The lowest BCUT2D eigenvalue weighted by Gasteiger charge is -2.22. The number of hydrogen-bond acceptors (Lipinski definition) is 3. The van der Waals surface area contributed by atoms with E-state index in [-0.39, 0.29) is 17.3 Å². The number of carbonyl (C=O) groups excluding carboxylic acids is 1. The van der Waals surface area contributed by atoms with Gasteiger partial charge in [-0.15, -0.1) is 0 Å². The summed E-state index contributed by atoms with van der Waals surface area (Å²) < 4.78 is 0. The molecule has 0 bridgehead atoms. The van der Waals surface area contributed by atoms with E-state index in [2.05, 4.69) is 0 Å². The second kappa shape index (κ2) is 4.65. The zero-order valence-electron chi connectivity index (χ0n) is 10.0. The molecule has 1 amide bonds. The summed E-state index contributed by atoms with van der Waals surface area (Å²) in [7, 11) is 0. The van der Waals surface area contributed by atoms with Gasteiger partial charge in [0, 0.05) is 12.6 Å². The molecule has 0 saturated heterocycles. The smallest absolute Gasteiger partial charge is 0.257 e. The van der Waals surface area contributed by atoms with Crippen LogP contribution in [0.2, 0.25) is 0 Å². The maximum absolute atomic E-state index is 12.3. The topological polar surface area (TPSA) is 66.6 Å². The van der Waals surface area contributed by atoms with Gasteiger partial charge >= 0.3 is 0 Å². The fourth-order valence-electron chi connectivity index (χ4n) is 1.97. The Morgan fingerprint density at radius 2 is 2.24 bits per heavy atom. The normalized spacial score (nSPS) is 14.6. The van der Waals surface area contributed by atoms with Gasteiger partial charge in [-0.05, 0) is 31.4 Å². The van der Waals surface area contributed by atoms with Gasteiger partial charge in [0.25, 0.3) is 5.91 Å². The van der Waals surface area contributed by atoms with Crippen molar-refractivity contribution in [3.63, 3.8) is 0 Å². The third-order valence-electron chi connectivity index (χ3n) is 3.01. The quantitative estimate of drug-likeness (QED) is 0.618. The van der Waals surface area contributed by atoms with Gasteiger partial charge in [-0.2, -0.15) is 0 Å². The Balaban J connectivity index is 2.25. The lowest BCUT2D eigenvalue weighted by molar-refractivity contribution is 0.0740. The van der Waals surface area contributed by atoms with Crippen molar-refractivity contribution in [2.24, 2.45) is 0 Å². The van der Waals surface area contributed by atoms with Crippen LogP contribution in [-0.2, 0) is 0 Å². The largest absolute Gasteiger partial charge is 0.505 e. The Morgan fingerprint density at radius 3 is 2.82 bits per heavy atom. The lowest BCUT2D eigenvalue weighted by Crippen LogP contribution is -2.33. The summed E-state index contributed by atoms with van der Waals surface area (Å²) in [5.41, 5.74) is 6.17. The predicted octanol–water partition coefficient (Wildman–Crippen LogP) is 1.99. The highest BCUT2D eigenvalue weighted by atomic mass is 16.3. The van der Waals surface area contributed by atoms with Crippen LogP contribution in [0.25, 0.3) is 0 Å². The Morgan fingerprint density at radius 1 is 1.53 bits per heavy atom. The van der Waals surface area contributed by atoms with Gasteiger partial charge in [-0.25, -0.2) is 0 Å². The first-order valence-electron chi connectivity index (χ1n) is 6.03. The number of hydrogen-bond donors (Lipinski definition) is 2. The number of anilines is 1. The third kappa shape index (κ3) is 2.35. The van der Waals surface area contributed by atoms with Crippen LogP contribution in [0.15, 0.2) is 18.2 Å². The molecule has 3 N–H and O–H groups in total. The van der Waals surface area contributed by atoms with Crippen LogP contribution in [0.5, 0.6) is 5.75 Å². The molecule has 4 nitrogen and oxygen atoms in total. The average molecular weight is 234 g/mol. The van der Waals surface area contributed by atoms with Crippen LogP contribution in [0.4, 0.5) is 5.69 Å². The van der Waals surface area contributed by atoms with Gasteiger partial charge in [0.05, 0.1) is 11.3 Å². The number of phenols is 1. The van der Waals surface area contributed by atoms with Crippen molar-refractivity contribution in [1.82, 2.24) is 4.90 Å². The summed E-state index contributed by atoms with van der Waals surface area (Å²) in [4.78, 5) is 14.1. The first-order chi connectivity index (χ1) is 8.15. The summed E-state index contributed by atoms with van der Waals surface area (Å²) in [5, 5.41) is 9.81. The van der Waals surface area contributed by atoms with Gasteiger partial charge < -0.3 is 15.7 Å². The van der Waals surface area contributed by atoms with E-state index in [0.29, 0.717) is 11.6 Å². The number of benzene rings is 1. The maximum atomic E-state index is 12.3. The van der Waals surface area contributed by atoms with Crippen molar-refractivity contribution in [3.8, 4) is 5.75 Å². The standard InChI is InChI=1S/C13H18N2O2/c1-2-8-15(9-6-7-9)13(17)10-4-3-5-11(14)12(10)16/h3-5,9,16H,2,6-8,14H2,1H3. The minimum atomic E-state index is -0.112. The SMILES string of the molecule is CCCN(C(=O)c1cccc(N)c1O)C1CC1. The summed E-state index contributed by atoms with van der Waals surface area (Å²) >= 11 is 0. The minimum Gasteiger partial charge on any atom is -0.505 e. The van der Waals surface area contributed by atoms with E-state index in [1.165, 1.54) is 0 Å². The first-order valence-corrected chi connectivity index (χ1v) is 6.03. The van der Waals surface area contributed by atoms with E-state index in [1.54, 1.807) is 18.2 Å². The van der Waals surface area contributed by atoms with Crippen LogP contribution in [0.1, 0.15) is 36.5 Å². The van der Waals surface area contributed by atoms with Crippen molar-refractivity contribution < 1.29 is 9.90 Å². The number of carbonyl (C=O) groups is 1. The average Bonchev–Trinajstić information content (AvgIpc) is 3.13. The molecule has 0 atom stereocenters. The Bertz CT molecular complexity index is 427. The van der Waals surface area contributed by atoms with Gasteiger partial charge in [-0.3, -0.25) is 4.79 Å². The fourth-order valence-corrected chi connectivity index (χ4v) is 1.97. The molecule has 1 aromatic carbocycles. The van der Waals surface area contributed by atoms with E-state index in [0.717, 1.165) is 25.8 Å². The van der Waals surface area contributed by atoms with Crippen LogP contribution >= 0.6 is 0 Å². The van der Waals surface area contributed by atoms with Crippen LogP contribution in [-0.4, -0.2) is 28.5 Å². The van der Waals surface area contributed by atoms with Crippen LogP contribution in [0.3, 0.4) is 0 Å². The first kappa shape index (κ1) is 11.8. The monoisotopic (exact) mass is 234 g/mol. The molecule has 1 aliphatic rings. The van der Waals surface area contributed by atoms with E-state index >= 15 is 0 Å².